The number of rotatable bonds is 6. The molecule has 6 nitrogen and oxygen atoms in total. The molecule has 0 aromatic heterocycles. The number of piperidine rings is 1. The molecule has 2 fully saturated rings. The highest BCUT2D eigenvalue weighted by atomic mass is 16.1. The van der Waals surface area contributed by atoms with E-state index in [2.05, 4.69) is 39.3 Å². The minimum atomic E-state index is 0.159. The zero-order valence-electron chi connectivity index (χ0n) is 16.6. The lowest BCUT2D eigenvalue weighted by Gasteiger charge is -2.36. The lowest BCUT2D eigenvalue weighted by atomic mass is 9.93. The monoisotopic (exact) mass is 351 g/mol. The third kappa shape index (κ3) is 5.87. The molecular weight excluding hydrogens is 314 g/mol. The van der Waals surface area contributed by atoms with Crippen molar-refractivity contribution in [2.75, 3.05) is 46.8 Å². The van der Waals surface area contributed by atoms with Crippen LogP contribution in [0.2, 0.25) is 0 Å². The first kappa shape index (κ1) is 20.0. The summed E-state index contributed by atoms with van der Waals surface area (Å²) in [5.41, 5.74) is 0. The number of hydrogen-bond donors (Lipinski definition) is 2. The van der Waals surface area contributed by atoms with Gasteiger partial charge in [-0.3, -0.25) is 14.7 Å². The predicted molar refractivity (Wildman–Crippen MR) is 104 cm³/mol. The lowest BCUT2D eigenvalue weighted by Crippen LogP contribution is -2.51. The molecule has 0 aromatic rings. The molecule has 2 N–H and O–H groups in total. The molecule has 0 saturated carbocycles. The van der Waals surface area contributed by atoms with Gasteiger partial charge < -0.3 is 15.5 Å². The van der Waals surface area contributed by atoms with Gasteiger partial charge >= 0.3 is 0 Å². The van der Waals surface area contributed by atoms with Gasteiger partial charge in [0.2, 0.25) is 5.91 Å². The van der Waals surface area contributed by atoms with E-state index in [0.717, 1.165) is 38.4 Å². The average Bonchev–Trinajstić information content (AvgIpc) is 3.13. The van der Waals surface area contributed by atoms with Gasteiger partial charge in [0, 0.05) is 46.2 Å². The molecule has 1 atom stereocenters. The minimum Gasteiger partial charge on any atom is -0.359 e. The molecule has 0 bridgehead atoms. The van der Waals surface area contributed by atoms with Crippen LogP contribution in [0.25, 0.3) is 0 Å². The topological polar surface area (TPSA) is 60.0 Å². The molecule has 0 spiro atoms. The van der Waals surface area contributed by atoms with Crippen LogP contribution in [0.3, 0.4) is 0 Å². The Labute approximate surface area is 153 Å². The van der Waals surface area contributed by atoms with Crippen LogP contribution < -0.4 is 10.6 Å². The molecule has 0 aromatic carbocycles. The summed E-state index contributed by atoms with van der Waals surface area (Å²) in [7, 11) is 3.59. The summed E-state index contributed by atoms with van der Waals surface area (Å²) in [5.74, 6) is 2.32. The maximum Gasteiger partial charge on any atom is 0.220 e. The Bertz CT molecular complexity index is 437. The van der Waals surface area contributed by atoms with Crippen molar-refractivity contribution in [3.8, 4) is 0 Å². The average molecular weight is 352 g/mol. The summed E-state index contributed by atoms with van der Waals surface area (Å²) in [5, 5.41) is 6.35. The Morgan fingerprint density at radius 2 is 1.80 bits per heavy atom. The first-order valence-corrected chi connectivity index (χ1v) is 9.95. The number of hydrogen-bond acceptors (Lipinski definition) is 3. The molecule has 1 amide bonds. The van der Waals surface area contributed by atoms with Crippen molar-refractivity contribution in [2.45, 2.75) is 52.0 Å². The van der Waals surface area contributed by atoms with E-state index < -0.39 is 0 Å². The number of carbonyl (C=O) groups is 1. The van der Waals surface area contributed by atoms with Crippen LogP contribution in [0, 0.1) is 11.8 Å². The van der Waals surface area contributed by atoms with E-state index in [0.29, 0.717) is 24.3 Å². The lowest BCUT2D eigenvalue weighted by molar-refractivity contribution is -0.121. The van der Waals surface area contributed by atoms with E-state index in [4.69, 9.17) is 0 Å². The van der Waals surface area contributed by atoms with Crippen molar-refractivity contribution in [1.29, 1.82) is 0 Å². The zero-order valence-corrected chi connectivity index (χ0v) is 16.6. The van der Waals surface area contributed by atoms with Crippen LogP contribution in [0.15, 0.2) is 4.99 Å². The first-order valence-electron chi connectivity index (χ1n) is 9.95. The van der Waals surface area contributed by atoms with Crippen molar-refractivity contribution in [1.82, 2.24) is 20.4 Å². The van der Waals surface area contributed by atoms with E-state index in [9.17, 15) is 4.79 Å². The molecule has 2 heterocycles. The Morgan fingerprint density at radius 1 is 1.16 bits per heavy atom. The molecule has 0 radical (unpaired) electrons. The van der Waals surface area contributed by atoms with Gasteiger partial charge in [-0.05, 0) is 50.6 Å². The number of guanidine groups is 1. The number of nitrogens with one attached hydrogen (secondary N) is 2. The minimum absolute atomic E-state index is 0.159. The van der Waals surface area contributed by atoms with Crippen LogP contribution in [0.5, 0.6) is 0 Å². The second-order valence-electron chi connectivity index (χ2n) is 7.79. The molecule has 2 aliphatic heterocycles. The molecular formula is C19H37N5O. The summed E-state index contributed by atoms with van der Waals surface area (Å²) < 4.78 is 0. The Morgan fingerprint density at radius 3 is 2.32 bits per heavy atom. The molecule has 1 unspecified atom stereocenters. The maximum atomic E-state index is 11.6. The van der Waals surface area contributed by atoms with E-state index >= 15 is 0 Å². The fraction of sp³-hybridized carbons (Fsp3) is 0.895. The van der Waals surface area contributed by atoms with E-state index in [1.54, 1.807) is 7.05 Å². The fourth-order valence-corrected chi connectivity index (χ4v) is 4.10. The van der Waals surface area contributed by atoms with Gasteiger partial charge in [0.15, 0.2) is 5.96 Å². The summed E-state index contributed by atoms with van der Waals surface area (Å²) in [6, 6.07) is 0.574. The van der Waals surface area contributed by atoms with Crippen LogP contribution in [0.1, 0.15) is 46.0 Å². The molecule has 25 heavy (non-hydrogen) atoms. The van der Waals surface area contributed by atoms with Crippen LogP contribution in [0.4, 0.5) is 0 Å². The Balaban J connectivity index is 1.81. The fourth-order valence-electron chi connectivity index (χ4n) is 4.10. The number of carbonyl (C=O) groups excluding carboxylic acids is 1. The quantitative estimate of drug-likeness (QED) is 0.563. The van der Waals surface area contributed by atoms with Gasteiger partial charge in [0.05, 0.1) is 0 Å². The molecule has 2 rings (SSSR count). The number of likely N-dealkylation sites (tertiary alicyclic amines) is 2. The SMILES string of the molecule is CN=C(NCC(C(C)C)N1CCCC1)N1CCC(CC(=O)NC)CC1. The van der Waals surface area contributed by atoms with Crippen molar-refractivity contribution in [3.05, 3.63) is 0 Å². The molecule has 2 saturated heterocycles. The van der Waals surface area contributed by atoms with Gasteiger partial charge in [-0.2, -0.15) is 0 Å². The predicted octanol–water partition coefficient (Wildman–Crippen LogP) is 1.53. The molecule has 2 aliphatic rings. The highest BCUT2D eigenvalue weighted by Crippen LogP contribution is 2.21. The summed E-state index contributed by atoms with van der Waals surface area (Å²) in [6.07, 6.45) is 5.44. The van der Waals surface area contributed by atoms with Crippen molar-refractivity contribution in [3.63, 3.8) is 0 Å². The standard InChI is InChI=1S/C19H37N5O/c1-15(2)17(23-9-5-6-10-23)14-22-19(21-4)24-11-7-16(8-12-24)13-18(25)20-3/h15-17H,5-14H2,1-4H3,(H,20,25)(H,21,22). The molecule has 6 heteroatoms. The van der Waals surface area contributed by atoms with Crippen LogP contribution in [-0.2, 0) is 4.79 Å². The van der Waals surface area contributed by atoms with Crippen LogP contribution >= 0.6 is 0 Å². The van der Waals surface area contributed by atoms with E-state index in [-0.39, 0.29) is 5.91 Å². The van der Waals surface area contributed by atoms with Crippen molar-refractivity contribution < 1.29 is 4.79 Å². The third-order valence-electron chi connectivity index (χ3n) is 5.73. The zero-order chi connectivity index (χ0) is 18.2. The van der Waals surface area contributed by atoms with Crippen LogP contribution in [-0.4, -0.2) is 74.5 Å². The second kappa shape index (κ2) is 10.00. The van der Waals surface area contributed by atoms with Gasteiger partial charge in [-0.25, -0.2) is 0 Å². The highest BCUT2D eigenvalue weighted by molar-refractivity contribution is 5.80. The van der Waals surface area contributed by atoms with Crippen molar-refractivity contribution >= 4 is 11.9 Å². The maximum absolute atomic E-state index is 11.6. The number of aliphatic imine (C=N–C) groups is 1. The number of amides is 1. The first-order chi connectivity index (χ1) is 12.0. The molecule has 0 aliphatic carbocycles. The number of nitrogens with zero attached hydrogens (tertiary/aromatic N) is 3. The van der Waals surface area contributed by atoms with E-state index in [1.807, 2.05) is 7.05 Å². The van der Waals surface area contributed by atoms with Gasteiger partial charge in [0.25, 0.3) is 0 Å². The van der Waals surface area contributed by atoms with Crippen molar-refractivity contribution in [2.24, 2.45) is 16.8 Å². The normalized spacial score (nSPS) is 21.6. The molecule has 144 valence electrons. The summed E-state index contributed by atoms with van der Waals surface area (Å²) in [4.78, 5) is 21.0. The van der Waals surface area contributed by atoms with Gasteiger partial charge in [0.1, 0.15) is 0 Å². The van der Waals surface area contributed by atoms with Gasteiger partial charge in [-0.1, -0.05) is 13.8 Å². The highest BCUT2D eigenvalue weighted by Gasteiger charge is 2.27. The van der Waals surface area contributed by atoms with Gasteiger partial charge in [-0.15, -0.1) is 0 Å². The van der Waals surface area contributed by atoms with E-state index in [1.165, 1.54) is 25.9 Å². The Hall–Kier alpha value is -1.30. The smallest absolute Gasteiger partial charge is 0.220 e. The largest absolute Gasteiger partial charge is 0.359 e. The third-order valence-corrected chi connectivity index (χ3v) is 5.73. The Kier molecular flexibility index (Phi) is 8.00. The summed E-state index contributed by atoms with van der Waals surface area (Å²) >= 11 is 0. The second-order valence-corrected chi connectivity index (χ2v) is 7.79. The summed E-state index contributed by atoms with van der Waals surface area (Å²) in [6.45, 7) is 10.0.